The third-order valence-electron chi connectivity index (χ3n) is 5.39. The molecule has 2 aromatic rings. The average molecular weight is 533 g/mol. The minimum atomic E-state index is -4.90. The third kappa shape index (κ3) is 4.55. The number of rotatable bonds is 4. The minimum absolute atomic E-state index is 0.143. The van der Waals surface area contributed by atoms with Crippen molar-refractivity contribution in [3.63, 3.8) is 0 Å². The van der Waals surface area contributed by atoms with E-state index in [9.17, 15) is 26.7 Å². The molecule has 0 N–H and O–H groups in total. The van der Waals surface area contributed by atoms with Crippen LogP contribution in [0.1, 0.15) is 42.0 Å². The molecule has 12 heteroatoms. The van der Waals surface area contributed by atoms with E-state index in [1.807, 2.05) is 0 Å². The number of nitrogens with zero attached hydrogens (tertiary/aromatic N) is 1. The first-order valence-corrected chi connectivity index (χ1v) is 10.4. The zero-order chi connectivity index (χ0) is 24.9. The third-order valence-corrected chi connectivity index (χ3v) is 6.59. The van der Waals surface area contributed by atoms with Gasteiger partial charge in [-0.3, -0.25) is 9.79 Å². The number of carbonyl (C=O) groups excluding carboxylic acids is 1. The molecular weight excluding hydrogens is 519 g/mol. The molecule has 2 atom stereocenters. The van der Waals surface area contributed by atoms with Crippen molar-refractivity contribution < 1.29 is 35.9 Å². The van der Waals surface area contributed by atoms with Gasteiger partial charge in [-0.25, -0.2) is 8.78 Å². The molecule has 0 bridgehead atoms. The van der Waals surface area contributed by atoms with Crippen LogP contribution in [0.2, 0.25) is 15.1 Å². The molecule has 2 aromatic carbocycles. The summed E-state index contributed by atoms with van der Waals surface area (Å²) in [5.41, 5.74) is -5.44. The van der Waals surface area contributed by atoms with Gasteiger partial charge < -0.3 is 4.74 Å². The fourth-order valence-electron chi connectivity index (χ4n) is 3.62. The van der Waals surface area contributed by atoms with Crippen molar-refractivity contribution in [3.8, 4) is 0 Å². The Bertz CT molecular complexity index is 1140. The normalized spacial score (nSPS) is 19.4. The van der Waals surface area contributed by atoms with Crippen LogP contribution in [0.15, 0.2) is 23.2 Å². The Kier molecular flexibility index (Phi) is 6.99. The lowest BCUT2D eigenvalue weighted by Gasteiger charge is -2.32. The number of hydrogen-bond acceptors (Lipinski definition) is 3. The predicted molar refractivity (Wildman–Crippen MR) is 112 cm³/mol. The Morgan fingerprint density at radius 2 is 1.73 bits per heavy atom. The Labute approximate surface area is 199 Å². The molecule has 1 aliphatic rings. The van der Waals surface area contributed by atoms with Crippen molar-refractivity contribution in [2.45, 2.75) is 38.2 Å². The van der Waals surface area contributed by atoms with E-state index in [-0.39, 0.29) is 20.6 Å². The summed E-state index contributed by atoms with van der Waals surface area (Å²) in [6, 6.07) is 2.53. The largest absolute Gasteiger partial charge is 0.427 e. The van der Waals surface area contributed by atoms with Crippen molar-refractivity contribution in [1.29, 1.82) is 0 Å². The molecule has 0 saturated heterocycles. The number of carbonyl (C=O) groups is 1. The van der Waals surface area contributed by atoms with Gasteiger partial charge in [-0.1, -0.05) is 34.8 Å². The van der Waals surface area contributed by atoms with Crippen LogP contribution in [-0.4, -0.2) is 24.4 Å². The maximum atomic E-state index is 15.0. The summed E-state index contributed by atoms with van der Waals surface area (Å²) in [5.74, 6) is -3.70. The van der Waals surface area contributed by atoms with E-state index in [2.05, 4.69) is 9.73 Å². The Morgan fingerprint density at radius 3 is 2.24 bits per heavy atom. The van der Waals surface area contributed by atoms with Crippen LogP contribution in [0.5, 0.6) is 0 Å². The van der Waals surface area contributed by atoms with Gasteiger partial charge >= 0.3 is 12.1 Å². The van der Waals surface area contributed by atoms with E-state index < -0.39 is 70.9 Å². The first kappa shape index (κ1) is 25.6. The second-order valence-electron chi connectivity index (χ2n) is 7.46. The lowest BCUT2D eigenvalue weighted by atomic mass is 9.76. The van der Waals surface area contributed by atoms with Gasteiger partial charge in [-0.15, -0.1) is 0 Å². The minimum Gasteiger partial charge on any atom is -0.427 e. The van der Waals surface area contributed by atoms with E-state index in [4.69, 9.17) is 34.8 Å². The molecule has 2 unspecified atom stereocenters. The van der Waals surface area contributed by atoms with Gasteiger partial charge in [0.05, 0.1) is 27.2 Å². The van der Waals surface area contributed by atoms with Crippen molar-refractivity contribution in [3.05, 3.63) is 67.2 Å². The number of esters is 1. The van der Waals surface area contributed by atoms with Gasteiger partial charge in [0.25, 0.3) is 6.36 Å². The lowest BCUT2D eigenvalue weighted by molar-refractivity contribution is -0.183. The summed E-state index contributed by atoms with van der Waals surface area (Å²) >= 11 is 17.6. The molecule has 0 radical (unpaired) electrons. The van der Waals surface area contributed by atoms with Crippen LogP contribution in [0.4, 0.5) is 26.3 Å². The van der Waals surface area contributed by atoms with Crippen molar-refractivity contribution in [2.24, 2.45) is 4.99 Å². The summed E-state index contributed by atoms with van der Waals surface area (Å²) in [5, 5.41) is -0.600. The molecule has 3 nitrogen and oxygen atoms in total. The number of benzene rings is 2. The van der Waals surface area contributed by atoms with Gasteiger partial charge in [0.1, 0.15) is 17.0 Å². The fraction of sp³-hybridized carbons (Fsp3) is 0.333. The predicted octanol–water partition coefficient (Wildman–Crippen LogP) is 7.46. The van der Waals surface area contributed by atoms with Crippen molar-refractivity contribution >= 4 is 46.5 Å². The summed E-state index contributed by atoms with van der Waals surface area (Å²) in [4.78, 5) is 14.7. The zero-order valence-corrected chi connectivity index (χ0v) is 19.2. The Balaban J connectivity index is 2.08. The number of alkyl halides is 4. The fourth-order valence-corrected chi connectivity index (χ4v) is 4.22. The van der Waals surface area contributed by atoms with Crippen LogP contribution < -0.4 is 0 Å². The molecule has 0 aromatic heterocycles. The van der Waals surface area contributed by atoms with E-state index in [1.165, 1.54) is 0 Å². The standard InChI is InChI=1S/C21H14Cl3F6NO2/c1-8-11(19(27)33-9(2)32)5-14(25)16(18(8)26)15-6-20(7-31-15,21(28,29)30)10-3-12(22)17(24)13(23)4-10/h3-5,19H,6-7H2,1-2H3. The zero-order valence-electron chi connectivity index (χ0n) is 16.9. The van der Waals surface area contributed by atoms with E-state index in [0.29, 0.717) is 6.07 Å². The number of halogens is 9. The van der Waals surface area contributed by atoms with Crippen LogP contribution >= 0.6 is 34.8 Å². The average Bonchev–Trinajstić information content (AvgIpc) is 3.14. The van der Waals surface area contributed by atoms with Gasteiger partial charge in [0, 0.05) is 24.6 Å². The van der Waals surface area contributed by atoms with Crippen LogP contribution in [0, 0.1) is 18.6 Å². The summed E-state index contributed by atoms with van der Waals surface area (Å²) < 4.78 is 91.0. The molecule has 0 spiro atoms. The molecular formula is C21H14Cl3F6NO2. The topological polar surface area (TPSA) is 38.7 Å². The monoisotopic (exact) mass is 531 g/mol. The van der Waals surface area contributed by atoms with E-state index in [1.54, 1.807) is 0 Å². The smallest absolute Gasteiger partial charge is 0.400 e. The van der Waals surface area contributed by atoms with Gasteiger partial charge in [-0.05, 0) is 36.2 Å². The maximum absolute atomic E-state index is 15.0. The molecule has 3 rings (SSSR count). The van der Waals surface area contributed by atoms with Gasteiger partial charge in [0.15, 0.2) is 0 Å². The molecule has 0 fully saturated rings. The first-order chi connectivity index (χ1) is 15.2. The molecule has 1 aliphatic heterocycles. The summed E-state index contributed by atoms with van der Waals surface area (Å²) in [7, 11) is 0. The second-order valence-corrected chi connectivity index (χ2v) is 8.65. The molecule has 0 amide bonds. The second kappa shape index (κ2) is 9.00. The maximum Gasteiger partial charge on any atom is 0.400 e. The van der Waals surface area contributed by atoms with Gasteiger partial charge in [0.2, 0.25) is 0 Å². The molecule has 1 heterocycles. The Hall–Kier alpha value is -1.97. The van der Waals surface area contributed by atoms with Crippen LogP contribution in [0.25, 0.3) is 0 Å². The van der Waals surface area contributed by atoms with Gasteiger partial charge in [-0.2, -0.15) is 17.6 Å². The molecule has 0 aliphatic carbocycles. The quantitative estimate of drug-likeness (QED) is 0.233. The lowest BCUT2D eigenvalue weighted by Crippen LogP contribution is -2.44. The van der Waals surface area contributed by atoms with Crippen molar-refractivity contribution in [1.82, 2.24) is 0 Å². The molecule has 0 saturated carbocycles. The van der Waals surface area contributed by atoms with E-state index >= 15 is 4.39 Å². The number of ether oxygens (including phenoxy) is 1. The van der Waals surface area contributed by atoms with E-state index in [0.717, 1.165) is 26.0 Å². The molecule has 178 valence electrons. The summed E-state index contributed by atoms with van der Waals surface area (Å²) in [6.45, 7) is 1.09. The van der Waals surface area contributed by atoms with Crippen LogP contribution in [-0.2, 0) is 14.9 Å². The number of aliphatic imine (C=N–C) groups is 1. The Morgan fingerprint density at radius 1 is 1.15 bits per heavy atom. The van der Waals surface area contributed by atoms with Crippen LogP contribution in [0.3, 0.4) is 0 Å². The highest BCUT2D eigenvalue weighted by atomic mass is 35.5. The SMILES string of the molecule is CC(=O)OC(F)c1cc(F)c(C2=NCC(c3cc(Cl)c(Cl)c(Cl)c3)(C(F)(F)F)C2)c(F)c1C. The highest BCUT2D eigenvalue weighted by Gasteiger charge is 2.59. The first-order valence-electron chi connectivity index (χ1n) is 9.25. The summed E-state index contributed by atoms with van der Waals surface area (Å²) in [6.07, 6.45) is -8.29. The highest BCUT2D eigenvalue weighted by molar-refractivity contribution is 6.48. The van der Waals surface area contributed by atoms with Crippen molar-refractivity contribution in [2.75, 3.05) is 6.54 Å². The number of hydrogen-bond donors (Lipinski definition) is 0. The highest BCUT2D eigenvalue weighted by Crippen LogP contribution is 2.50. The molecule has 33 heavy (non-hydrogen) atoms.